The molecule has 0 aromatic heterocycles. The molecule has 2 atom stereocenters. The maximum absolute atomic E-state index is 11.1. The molecule has 0 aliphatic carbocycles. The van der Waals surface area contributed by atoms with Gasteiger partial charge in [0.1, 0.15) is 18.1 Å². The van der Waals surface area contributed by atoms with Gasteiger partial charge in [0, 0.05) is 17.1 Å². The lowest BCUT2D eigenvalue weighted by atomic mass is 10.2. The lowest BCUT2D eigenvalue weighted by Crippen LogP contribution is -2.14. The highest BCUT2D eigenvalue weighted by molar-refractivity contribution is 8.19. The topological polar surface area (TPSA) is 35.5 Å². The summed E-state index contributed by atoms with van der Waals surface area (Å²) >= 11 is 3.71. The van der Waals surface area contributed by atoms with Gasteiger partial charge in [0.25, 0.3) is 0 Å². The molecule has 3 nitrogen and oxygen atoms in total. The van der Waals surface area contributed by atoms with E-state index in [0.717, 1.165) is 17.3 Å². The minimum absolute atomic E-state index is 0.323. The Morgan fingerprint density at radius 3 is 2.54 bits per heavy atom. The van der Waals surface area contributed by atoms with Crippen molar-refractivity contribution in [2.24, 2.45) is 0 Å². The molecule has 0 N–H and O–H groups in total. The molecule has 24 heavy (non-hydrogen) atoms. The van der Waals surface area contributed by atoms with Crippen molar-refractivity contribution in [2.45, 2.75) is 9.83 Å². The summed E-state index contributed by atoms with van der Waals surface area (Å²) in [4.78, 5) is 11.1. The maximum atomic E-state index is 11.1. The number of thioether (sulfide) groups is 2. The van der Waals surface area contributed by atoms with Gasteiger partial charge in [-0.1, -0.05) is 36.9 Å². The van der Waals surface area contributed by atoms with Gasteiger partial charge in [-0.3, -0.25) is 0 Å². The Balaban J connectivity index is 1.54. The second-order valence-electron chi connectivity index (χ2n) is 5.24. The van der Waals surface area contributed by atoms with E-state index in [9.17, 15) is 4.79 Å². The van der Waals surface area contributed by atoms with Gasteiger partial charge in [0.05, 0.1) is 4.58 Å². The Morgan fingerprint density at radius 2 is 1.83 bits per heavy atom. The Kier molecular flexibility index (Phi) is 5.88. The van der Waals surface area contributed by atoms with Crippen molar-refractivity contribution in [2.75, 3.05) is 12.4 Å². The first-order valence-corrected chi connectivity index (χ1v) is 9.63. The van der Waals surface area contributed by atoms with Crippen LogP contribution in [0.15, 0.2) is 67.3 Å². The highest BCUT2D eigenvalue weighted by atomic mass is 32.2. The van der Waals surface area contributed by atoms with Crippen molar-refractivity contribution in [1.29, 1.82) is 0 Å². The first-order valence-electron chi connectivity index (χ1n) is 7.64. The van der Waals surface area contributed by atoms with Gasteiger partial charge in [-0.2, -0.15) is 0 Å². The summed E-state index contributed by atoms with van der Waals surface area (Å²) in [6, 6.07) is 17.9. The van der Waals surface area contributed by atoms with Crippen LogP contribution in [-0.2, 0) is 9.53 Å². The van der Waals surface area contributed by atoms with Crippen molar-refractivity contribution < 1.29 is 14.3 Å². The molecule has 0 spiro atoms. The van der Waals surface area contributed by atoms with E-state index in [1.165, 1.54) is 11.6 Å². The summed E-state index contributed by atoms with van der Waals surface area (Å²) < 4.78 is 11.3. The molecular weight excluding hydrogens is 340 g/mol. The summed E-state index contributed by atoms with van der Waals surface area (Å²) in [5.74, 6) is 2.28. The van der Waals surface area contributed by atoms with Crippen LogP contribution in [0.2, 0.25) is 0 Å². The second kappa shape index (κ2) is 8.31. The third-order valence-electron chi connectivity index (χ3n) is 3.46. The van der Waals surface area contributed by atoms with E-state index in [4.69, 9.17) is 9.47 Å². The van der Waals surface area contributed by atoms with E-state index in [-0.39, 0.29) is 5.97 Å². The Morgan fingerprint density at radius 1 is 1.12 bits per heavy atom. The fourth-order valence-electron chi connectivity index (χ4n) is 2.26. The molecule has 124 valence electrons. The van der Waals surface area contributed by atoms with Gasteiger partial charge < -0.3 is 9.47 Å². The number of hydrogen-bond acceptors (Lipinski definition) is 5. The second-order valence-corrected chi connectivity index (χ2v) is 8.09. The van der Waals surface area contributed by atoms with Gasteiger partial charge in [-0.05, 0) is 29.8 Å². The lowest BCUT2D eigenvalue weighted by Gasteiger charge is -2.12. The average Bonchev–Trinajstić information content (AvgIpc) is 3.10. The van der Waals surface area contributed by atoms with E-state index < -0.39 is 0 Å². The zero-order valence-corrected chi connectivity index (χ0v) is 14.7. The van der Waals surface area contributed by atoms with Gasteiger partial charge in [-0.25, -0.2) is 4.79 Å². The monoisotopic (exact) mass is 358 g/mol. The first-order chi connectivity index (χ1) is 11.7. The van der Waals surface area contributed by atoms with E-state index in [0.29, 0.717) is 16.4 Å². The van der Waals surface area contributed by atoms with Crippen molar-refractivity contribution in [3.05, 3.63) is 72.8 Å². The number of esters is 1. The van der Waals surface area contributed by atoms with E-state index in [2.05, 4.69) is 18.7 Å². The molecule has 0 amide bonds. The average molecular weight is 358 g/mol. The number of rotatable bonds is 6. The summed E-state index contributed by atoms with van der Waals surface area (Å²) in [6.07, 6.45) is 1.20. The highest BCUT2D eigenvalue weighted by Gasteiger charge is 2.28. The molecule has 1 heterocycles. The number of carbonyl (C=O) groups is 1. The van der Waals surface area contributed by atoms with E-state index >= 15 is 0 Å². The molecule has 5 heteroatoms. The maximum Gasteiger partial charge on any atom is 0.330 e. The normalized spacial score (nSPS) is 19.7. The number of ether oxygens (including phenoxy) is 2. The Hall–Kier alpha value is -1.85. The van der Waals surface area contributed by atoms with Crippen LogP contribution in [0.5, 0.6) is 11.5 Å². The number of hydrogen-bond donors (Lipinski definition) is 0. The van der Waals surface area contributed by atoms with Crippen LogP contribution < -0.4 is 4.74 Å². The SMILES string of the molecule is C=CC(=O)OCC1CSC(c2ccc(Oc3ccccc3)cc2)S1. The first kappa shape index (κ1) is 17.0. The Bertz CT molecular complexity index is 686. The summed E-state index contributed by atoms with van der Waals surface area (Å²) in [7, 11) is 0. The third kappa shape index (κ3) is 4.58. The Labute approximate surface area is 150 Å². The van der Waals surface area contributed by atoms with Crippen LogP contribution in [-0.4, -0.2) is 23.6 Å². The zero-order valence-electron chi connectivity index (χ0n) is 13.1. The predicted molar refractivity (Wildman–Crippen MR) is 101 cm³/mol. The van der Waals surface area contributed by atoms with Crippen molar-refractivity contribution in [1.82, 2.24) is 0 Å². The minimum Gasteiger partial charge on any atom is -0.461 e. The van der Waals surface area contributed by atoms with Crippen LogP contribution in [0.4, 0.5) is 0 Å². The smallest absolute Gasteiger partial charge is 0.330 e. The zero-order chi connectivity index (χ0) is 16.8. The fraction of sp³-hybridized carbons (Fsp3) is 0.211. The molecule has 0 saturated carbocycles. The molecule has 0 bridgehead atoms. The van der Waals surface area contributed by atoms with Crippen molar-refractivity contribution in [3.8, 4) is 11.5 Å². The van der Waals surface area contributed by atoms with Crippen LogP contribution in [0, 0.1) is 0 Å². The van der Waals surface area contributed by atoms with Crippen LogP contribution in [0.3, 0.4) is 0 Å². The summed E-state index contributed by atoms with van der Waals surface area (Å²) in [5.41, 5.74) is 1.25. The quantitative estimate of drug-likeness (QED) is 0.533. The molecule has 1 aliphatic rings. The van der Waals surface area contributed by atoms with E-state index in [1.54, 1.807) is 0 Å². The van der Waals surface area contributed by atoms with Gasteiger partial charge in [-0.15, -0.1) is 23.5 Å². The van der Waals surface area contributed by atoms with Crippen molar-refractivity contribution >= 4 is 29.5 Å². The molecule has 0 radical (unpaired) electrons. The molecule has 1 saturated heterocycles. The minimum atomic E-state index is -0.355. The van der Waals surface area contributed by atoms with Crippen LogP contribution in [0.1, 0.15) is 10.1 Å². The largest absolute Gasteiger partial charge is 0.461 e. The summed E-state index contributed by atoms with van der Waals surface area (Å²) in [6.45, 7) is 3.85. The lowest BCUT2D eigenvalue weighted by molar-refractivity contribution is -0.137. The molecular formula is C19H18O3S2. The van der Waals surface area contributed by atoms with Gasteiger partial charge in [0.2, 0.25) is 0 Å². The molecule has 2 aromatic rings. The third-order valence-corrected chi connectivity index (χ3v) is 6.79. The molecule has 1 aliphatic heterocycles. The molecule has 3 rings (SSSR count). The molecule has 1 fully saturated rings. The highest BCUT2D eigenvalue weighted by Crippen LogP contribution is 2.49. The number of carbonyl (C=O) groups excluding carboxylic acids is 1. The number of benzene rings is 2. The van der Waals surface area contributed by atoms with Crippen molar-refractivity contribution in [3.63, 3.8) is 0 Å². The van der Waals surface area contributed by atoms with Crippen LogP contribution >= 0.6 is 23.5 Å². The molecule has 2 aromatic carbocycles. The van der Waals surface area contributed by atoms with Gasteiger partial charge in [0.15, 0.2) is 0 Å². The number of para-hydroxylation sites is 1. The van der Waals surface area contributed by atoms with E-state index in [1.807, 2.05) is 66.0 Å². The standard InChI is InChI=1S/C19H18O3S2/c1-2-18(20)21-12-17-13-23-19(24-17)14-8-10-16(11-9-14)22-15-6-4-3-5-7-15/h2-11,17,19H,1,12-13H2. The summed E-state index contributed by atoms with van der Waals surface area (Å²) in [5, 5.41) is 0.323. The predicted octanol–water partition coefficient (Wildman–Crippen LogP) is 5.06. The van der Waals surface area contributed by atoms with Gasteiger partial charge >= 0.3 is 5.97 Å². The molecule has 2 unspecified atom stereocenters. The fourth-order valence-corrected chi connectivity index (χ4v) is 5.48. The van der Waals surface area contributed by atoms with Crippen LogP contribution in [0.25, 0.3) is 0 Å².